The minimum absolute atomic E-state index is 0.0297. The van der Waals surface area contributed by atoms with Gasteiger partial charge in [-0.1, -0.05) is 43.7 Å². The number of pyridine rings is 1. The minimum atomic E-state index is 0.0297. The highest BCUT2D eigenvalue weighted by Crippen LogP contribution is 2.20. The lowest BCUT2D eigenvalue weighted by molar-refractivity contribution is -0.116. The van der Waals surface area contributed by atoms with E-state index in [-0.39, 0.29) is 5.91 Å². The molecule has 0 bridgehead atoms. The van der Waals surface area contributed by atoms with Crippen LogP contribution in [0.2, 0.25) is 0 Å². The van der Waals surface area contributed by atoms with E-state index in [1.807, 2.05) is 24.4 Å². The van der Waals surface area contributed by atoms with Crippen molar-refractivity contribution in [1.82, 2.24) is 4.98 Å². The van der Waals surface area contributed by atoms with Crippen LogP contribution in [0, 0.1) is 0 Å². The molecule has 0 spiro atoms. The van der Waals surface area contributed by atoms with E-state index in [1.165, 1.54) is 5.56 Å². The van der Waals surface area contributed by atoms with Crippen LogP contribution in [0.25, 0.3) is 0 Å². The van der Waals surface area contributed by atoms with Gasteiger partial charge in [0.05, 0.1) is 11.9 Å². The van der Waals surface area contributed by atoms with E-state index in [4.69, 9.17) is 0 Å². The quantitative estimate of drug-likeness (QED) is 0.770. The molecule has 4 nitrogen and oxygen atoms in total. The van der Waals surface area contributed by atoms with Crippen molar-refractivity contribution < 1.29 is 4.79 Å². The third-order valence-corrected chi connectivity index (χ3v) is 3.92. The zero-order chi connectivity index (χ0) is 17.4. The van der Waals surface area contributed by atoms with Gasteiger partial charge >= 0.3 is 0 Å². The first-order chi connectivity index (χ1) is 11.6. The highest BCUT2D eigenvalue weighted by Gasteiger charge is 2.12. The van der Waals surface area contributed by atoms with E-state index < -0.39 is 0 Å². The van der Waals surface area contributed by atoms with Gasteiger partial charge in [0.1, 0.15) is 5.82 Å². The average molecular weight is 325 g/mol. The second-order valence-corrected chi connectivity index (χ2v) is 6.26. The fraction of sp³-hybridized carbons (Fsp3) is 0.400. The summed E-state index contributed by atoms with van der Waals surface area (Å²) in [5.74, 6) is 0.644. The van der Waals surface area contributed by atoms with Crippen molar-refractivity contribution in [2.45, 2.75) is 52.6 Å². The summed E-state index contributed by atoms with van der Waals surface area (Å²) in [7, 11) is 0. The Morgan fingerprint density at radius 2 is 1.92 bits per heavy atom. The van der Waals surface area contributed by atoms with Gasteiger partial charge < -0.3 is 10.2 Å². The van der Waals surface area contributed by atoms with E-state index in [0.29, 0.717) is 18.3 Å². The van der Waals surface area contributed by atoms with Gasteiger partial charge in [-0.15, -0.1) is 0 Å². The molecule has 0 fully saturated rings. The molecule has 1 heterocycles. The van der Waals surface area contributed by atoms with Crippen LogP contribution in [0.4, 0.5) is 11.5 Å². The van der Waals surface area contributed by atoms with E-state index in [1.54, 1.807) is 0 Å². The second-order valence-electron chi connectivity index (χ2n) is 6.26. The molecule has 0 atom stereocenters. The highest BCUT2D eigenvalue weighted by atomic mass is 16.1. The summed E-state index contributed by atoms with van der Waals surface area (Å²) in [5.41, 5.74) is 2.32. The Bertz CT molecular complexity index is 623. The van der Waals surface area contributed by atoms with Gasteiger partial charge in [-0.2, -0.15) is 0 Å². The smallest absolute Gasteiger partial charge is 0.225 e. The van der Waals surface area contributed by atoms with Crippen LogP contribution in [-0.2, 0) is 11.3 Å². The largest absolute Gasteiger partial charge is 0.364 e. The summed E-state index contributed by atoms with van der Waals surface area (Å²) >= 11 is 0. The molecule has 1 amide bonds. The fourth-order valence-electron chi connectivity index (χ4n) is 2.52. The number of benzene rings is 1. The van der Waals surface area contributed by atoms with Crippen LogP contribution in [0.1, 0.15) is 45.6 Å². The SMILES string of the molecule is CCCCC(=O)Nc1ccc(N(Cc2ccccc2)C(C)C)cn1. The summed E-state index contributed by atoms with van der Waals surface area (Å²) in [4.78, 5) is 18.5. The van der Waals surface area contributed by atoms with Gasteiger partial charge in [-0.3, -0.25) is 4.79 Å². The number of carbonyl (C=O) groups excluding carboxylic acids is 1. The molecular weight excluding hydrogens is 298 g/mol. The maximum absolute atomic E-state index is 11.8. The number of aromatic nitrogens is 1. The first kappa shape index (κ1) is 18.0. The Kier molecular flexibility index (Phi) is 6.79. The molecule has 4 heteroatoms. The number of anilines is 2. The molecule has 0 radical (unpaired) electrons. The van der Waals surface area contributed by atoms with Gasteiger partial charge in [0.2, 0.25) is 5.91 Å². The topological polar surface area (TPSA) is 45.2 Å². The average Bonchev–Trinajstić information content (AvgIpc) is 2.59. The van der Waals surface area contributed by atoms with Crippen LogP contribution in [0.15, 0.2) is 48.7 Å². The van der Waals surface area contributed by atoms with Crippen molar-refractivity contribution in [3.63, 3.8) is 0 Å². The number of hydrogen-bond donors (Lipinski definition) is 1. The van der Waals surface area contributed by atoms with E-state index in [9.17, 15) is 4.79 Å². The summed E-state index contributed by atoms with van der Waals surface area (Å²) in [6, 6.07) is 14.7. The maximum Gasteiger partial charge on any atom is 0.225 e. The molecule has 0 aliphatic rings. The van der Waals surface area contributed by atoms with Gasteiger partial charge in [0, 0.05) is 19.0 Å². The molecule has 1 aromatic carbocycles. The van der Waals surface area contributed by atoms with E-state index in [2.05, 4.69) is 60.2 Å². The summed E-state index contributed by atoms with van der Waals surface area (Å²) in [6.07, 6.45) is 4.30. The van der Waals surface area contributed by atoms with Gasteiger partial charge in [-0.25, -0.2) is 4.98 Å². The van der Waals surface area contributed by atoms with Crippen molar-refractivity contribution in [3.8, 4) is 0 Å². The predicted molar refractivity (Wildman–Crippen MR) is 100 cm³/mol. The molecular formula is C20H27N3O. The standard InChI is InChI=1S/C20H27N3O/c1-4-5-11-20(24)22-19-13-12-18(14-21-19)23(16(2)3)15-17-9-7-6-8-10-17/h6-10,12-14,16H,4-5,11,15H2,1-3H3,(H,21,22,24). The Morgan fingerprint density at radius 1 is 1.17 bits per heavy atom. The number of nitrogens with zero attached hydrogens (tertiary/aromatic N) is 2. The number of nitrogens with one attached hydrogen (secondary N) is 1. The number of amides is 1. The van der Waals surface area contributed by atoms with Crippen LogP contribution in [-0.4, -0.2) is 16.9 Å². The fourth-order valence-corrected chi connectivity index (χ4v) is 2.52. The van der Waals surface area contributed by atoms with Crippen LogP contribution >= 0.6 is 0 Å². The summed E-state index contributed by atoms with van der Waals surface area (Å²) in [6.45, 7) is 7.25. The van der Waals surface area contributed by atoms with Crippen molar-refractivity contribution in [3.05, 3.63) is 54.2 Å². The zero-order valence-corrected chi connectivity index (χ0v) is 14.8. The molecule has 0 saturated heterocycles. The first-order valence-electron chi connectivity index (χ1n) is 8.66. The number of carbonyl (C=O) groups is 1. The van der Waals surface area contributed by atoms with Crippen LogP contribution in [0.3, 0.4) is 0 Å². The highest BCUT2D eigenvalue weighted by molar-refractivity contribution is 5.89. The minimum Gasteiger partial charge on any atom is -0.364 e. The van der Waals surface area contributed by atoms with Crippen molar-refractivity contribution in [1.29, 1.82) is 0 Å². The predicted octanol–water partition coefficient (Wildman–Crippen LogP) is 4.63. The van der Waals surface area contributed by atoms with Gasteiger partial charge in [0.25, 0.3) is 0 Å². The van der Waals surface area contributed by atoms with Crippen molar-refractivity contribution in [2.24, 2.45) is 0 Å². The van der Waals surface area contributed by atoms with Gasteiger partial charge in [0.15, 0.2) is 0 Å². The molecule has 2 rings (SSSR count). The molecule has 0 unspecified atom stereocenters. The molecule has 0 aliphatic carbocycles. The summed E-state index contributed by atoms with van der Waals surface area (Å²) < 4.78 is 0. The van der Waals surface area contributed by atoms with Gasteiger partial charge in [-0.05, 0) is 38.0 Å². The van der Waals surface area contributed by atoms with Crippen LogP contribution < -0.4 is 10.2 Å². The normalized spacial score (nSPS) is 10.7. The number of unbranched alkanes of at least 4 members (excludes halogenated alkanes) is 1. The Hall–Kier alpha value is -2.36. The molecule has 2 aromatic rings. The molecule has 128 valence electrons. The third-order valence-electron chi connectivity index (χ3n) is 3.92. The summed E-state index contributed by atoms with van der Waals surface area (Å²) in [5, 5.41) is 2.85. The first-order valence-corrected chi connectivity index (χ1v) is 8.66. The lowest BCUT2D eigenvalue weighted by atomic mass is 10.1. The zero-order valence-electron chi connectivity index (χ0n) is 14.8. The monoisotopic (exact) mass is 325 g/mol. The molecule has 1 N–H and O–H groups in total. The lowest BCUT2D eigenvalue weighted by Crippen LogP contribution is -2.30. The maximum atomic E-state index is 11.8. The molecule has 0 aliphatic heterocycles. The lowest BCUT2D eigenvalue weighted by Gasteiger charge is -2.29. The third kappa shape index (κ3) is 5.37. The Morgan fingerprint density at radius 3 is 2.50 bits per heavy atom. The molecule has 24 heavy (non-hydrogen) atoms. The molecule has 0 saturated carbocycles. The van der Waals surface area contributed by atoms with Crippen LogP contribution in [0.5, 0.6) is 0 Å². The second kappa shape index (κ2) is 9.06. The van der Waals surface area contributed by atoms with Crippen molar-refractivity contribution in [2.75, 3.05) is 10.2 Å². The van der Waals surface area contributed by atoms with Crippen molar-refractivity contribution >= 4 is 17.4 Å². The Balaban J connectivity index is 2.04. The van der Waals surface area contributed by atoms with E-state index in [0.717, 1.165) is 25.1 Å². The Labute approximate surface area is 144 Å². The van der Waals surface area contributed by atoms with E-state index >= 15 is 0 Å². The number of hydrogen-bond acceptors (Lipinski definition) is 3. The number of rotatable bonds is 8. The molecule has 1 aromatic heterocycles.